The molecule has 32 heavy (non-hydrogen) atoms. The molecule has 1 atom stereocenters. The van der Waals surface area contributed by atoms with E-state index in [-0.39, 0.29) is 12.1 Å². The van der Waals surface area contributed by atoms with Gasteiger partial charge in [0.2, 0.25) is 0 Å². The van der Waals surface area contributed by atoms with Crippen molar-refractivity contribution in [2.45, 2.75) is 32.5 Å². The third-order valence-electron chi connectivity index (χ3n) is 6.47. The van der Waals surface area contributed by atoms with Gasteiger partial charge in [-0.1, -0.05) is 0 Å². The van der Waals surface area contributed by atoms with E-state index in [9.17, 15) is 4.79 Å². The van der Waals surface area contributed by atoms with Gasteiger partial charge < -0.3 is 29.2 Å². The molecule has 0 saturated carbocycles. The summed E-state index contributed by atoms with van der Waals surface area (Å²) in [6.07, 6.45) is 3.13. The third kappa shape index (κ3) is 3.43. The molecular weight excluding hydrogens is 424 g/mol. The zero-order valence-electron chi connectivity index (χ0n) is 18.8. The first-order valence-electron chi connectivity index (χ1n) is 10.8. The van der Waals surface area contributed by atoms with Crippen molar-refractivity contribution in [1.29, 1.82) is 0 Å². The van der Waals surface area contributed by atoms with E-state index in [4.69, 9.17) is 9.47 Å². The SMILES string of the molecule is COc1ccc(OC)c(NC(=O)N2Cc3c(sc4c3CCN(C)C4)-n3cccc3C2C)c1. The highest BCUT2D eigenvalue weighted by molar-refractivity contribution is 7.15. The Morgan fingerprint density at radius 1 is 1.16 bits per heavy atom. The van der Waals surface area contributed by atoms with Crippen molar-refractivity contribution in [2.75, 3.05) is 33.1 Å². The second-order valence-electron chi connectivity index (χ2n) is 8.38. The lowest BCUT2D eigenvalue weighted by Crippen LogP contribution is -2.36. The van der Waals surface area contributed by atoms with Crippen molar-refractivity contribution < 1.29 is 14.3 Å². The number of rotatable bonds is 3. The molecule has 0 saturated heterocycles. The zero-order chi connectivity index (χ0) is 22.4. The fourth-order valence-electron chi connectivity index (χ4n) is 4.67. The van der Waals surface area contributed by atoms with Gasteiger partial charge in [-0.15, -0.1) is 11.3 Å². The summed E-state index contributed by atoms with van der Waals surface area (Å²) in [7, 11) is 5.37. The number of anilines is 1. The second-order valence-corrected chi connectivity index (χ2v) is 9.46. The van der Waals surface area contributed by atoms with E-state index in [0.29, 0.717) is 23.7 Å². The molecule has 8 heteroatoms. The highest BCUT2D eigenvalue weighted by Gasteiger charge is 2.33. The number of likely N-dealkylation sites (N-methyl/N-ethyl adjacent to an activating group) is 1. The molecule has 2 amide bonds. The van der Waals surface area contributed by atoms with Gasteiger partial charge in [-0.05, 0) is 50.2 Å². The van der Waals surface area contributed by atoms with Gasteiger partial charge in [-0.2, -0.15) is 0 Å². The van der Waals surface area contributed by atoms with Crippen LogP contribution in [0.1, 0.15) is 34.7 Å². The summed E-state index contributed by atoms with van der Waals surface area (Å²) in [6.45, 7) is 4.67. The van der Waals surface area contributed by atoms with Crippen molar-refractivity contribution in [1.82, 2.24) is 14.4 Å². The summed E-state index contributed by atoms with van der Waals surface area (Å²) < 4.78 is 13.1. The molecule has 0 fully saturated rings. The van der Waals surface area contributed by atoms with Gasteiger partial charge >= 0.3 is 6.03 Å². The normalized spacial score (nSPS) is 17.8. The van der Waals surface area contributed by atoms with Crippen LogP contribution < -0.4 is 14.8 Å². The maximum Gasteiger partial charge on any atom is 0.322 e. The predicted octanol–water partition coefficient (Wildman–Crippen LogP) is 4.65. The number of nitrogens with one attached hydrogen (secondary N) is 1. The number of thiophene rings is 1. The molecule has 0 aliphatic carbocycles. The maximum atomic E-state index is 13.6. The Labute approximate surface area is 192 Å². The van der Waals surface area contributed by atoms with Crippen LogP contribution in [0.5, 0.6) is 11.5 Å². The Balaban J connectivity index is 1.53. The van der Waals surface area contributed by atoms with E-state index in [1.54, 1.807) is 26.4 Å². The van der Waals surface area contributed by atoms with Crippen molar-refractivity contribution in [3.63, 3.8) is 0 Å². The predicted molar refractivity (Wildman–Crippen MR) is 126 cm³/mol. The molecule has 5 rings (SSSR count). The van der Waals surface area contributed by atoms with E-state index in [0.717, 1.165) is 25.2 Å². The number of benzene rings is 1. The first kappa shape index (κ1) is 20.9. The fourth-order valence-corrected chi connectivity index (χ4v) is 6.12. The van der Waals surface area contributed by atoms with Gasteiger partial charge in [0.05, 0.1) is 32.5 Å². The Morgan fingerprint density at radius 3 is 2.78 bits per heavy atom. The third-order valence-corrected chi connectivity index (χ3v) is 7.73. The minimum absolute atomic E-state index is 0.0804. The number of hydrogen-bond acceptors (Lipinski definition) is 5. The molecule has 3 aromatic rings. The molecule has 1 aromatic carbocycles. The van der Waals surface area contributed by atoms with Crippen molar-refractivity contribution in [3.05, 3.63) is 58.2 Å². The lowest BCUT2D eigenvalue weighted by molar-refractivity contribution is 0.189. The molecule has 2 aliphatic heterocycles. The minimum atomic E-state index is -0.155. The fraction of sp³-hybridized carbons (Fsp3) is 0.375. The molecule has 168 valence electrons. The van der Waals surface area contributed by atoms with Crippen LogP contribution in [0.2, 0.25) is 0 Å². The van der Waals surface area contributed by atoms with Gasteiger partial charge in [0, 0.05) is 41.5 Å². The molecule has 0 radical (unpaired) electrons. The molecule has 2 aromatic heterocycles. The van der Waals surface area contributed by atoms with Crippen molar-refractivity contribution in [3.8, 4) is 16.5 Å². The summed E-state index contributed by atoms with van der Waals surface area (Å²) in [5.74, 6) is 1.26. The molecular formula is C24H28N4O3S. The Bertz CT molecular complexity index is 1170. The Hall–Kier alpha value is -2.97. The van der Waals surface area contributed by atoms with E-state index >= 15 is 0 Å². The lowest BCUT2D eigenvalue weighted by Gasteiger charge is -2.29. The molecule has 2 aliphatic rings. The van der Waals surface area contributed by atoms with Crippen LogP contribution in [-0.2, 0) is 19.5 Å². The Kier molecular flexibility index (Phi) is 5.35. The number of urea groups is 1. The highest BCUT2D eigenvalue weighted by Crippen LogP contribution is 2.42. The number of fused-ring (bicyclic) bond motifs is 5. The quantitative estimate of drug-likeness (QED) is 0.628. The van der Waals surface area contributed by atoms with Crippen LogP contribution in [0, 0.1) is 0 Å². The first-order chi connectivity index (χ1) is 15.5. The number of amides is 2. The highest BCUT2D eigenvalue weighted by atomic mass is 32.1. The molecule has 7 nitrogen and oxygen atoms in total. The van der Waals surface area contributed by atoms with E-state index < -0.39 is 0 Å². The molecule has 1 N–H and O–H groups in total. The molecule has 1 unspecified atom stereocenters. The number of aromatic nitrogens is 1. The van der Waals surface area contributed by atoms with Gasteiger partial charge in [0.25, 0.3) is 0 Å². The van der Waals surface area contributed by atoms with Gasteiger partial charge in [0.1, 0.15) is 16.5 Å². The van der Waals surface area contributed by atoms with Gasteiger partial charge in [0.15, 0.2) is 0 Å². The number of ether oxygens (including phenoxy) is 2. The average molecular weight is 453 g/mol. The smallest absolute Gasteiger partial charge is 0.322 e. The maximum absolute atomic E-state index is 13.6. The monoisotopic (exact) mass is 452 g/mol. The van der Waals surface area contributed by atoms with E-state index in [1.165, 1.54) is 21.0 Å². The number of carbonyl (C=O) groups is 1. The largest absolute Gasteiger partial charge is 0.497 e. The van der Waals surface area contributed by atoms with Crippen LogP contribution >= 0.6 is 11.3 Å². The van der Waals surface area contributed by atoms with Gasteiger partial charge in [-0.25, -0.2) is 4.79 Å². The van der Waals surface area contributed by atoms with Crippen LogP contribution in [0.3, 0.4) is 0 Å². The van der Waals surface area contributed by atoms with E-state index in [1.807, 2.05) is 22.3 Å². The first-order valence-corrected chi connectivity index (χ1v) is 11.6. The summed E-state index contributed by atoms with van der Waals surface area (Å²) in [6, 6.07) is 9.34. The summed E-state index contributed by atoms with van der Waals surface area (Å²) in [5, 5.41) is 4.31. The van der Waals surface area contributed by atoms with Gasteiger partial charge in [-0.3, -0.25) is 0 Å². The number of carbonyl (C=O) groups excluding carboxylic acids is 1. The van der Waals surface area contributed by atoms with E-state index in [2.05, 4.69) is 47.1 Å². The van der Waals surface area contributed by atoms with Crippen LogP contribution in [0.4, 0.5) is 10.5 Å². The Morgan fingerprint density at radius 2 is 2.00 bits per heavy atom. The summed E-state index contributed by atoms with van der Waals surface area (Å²) >= 11 is 1.86. The number of hydrogen-bond donors (Lipinski definition) is 1. The lowest BCUT2D eigenvalue weighted by atomic mass is 10.0. The van der Waals surface area contributed by atoms with Crippen LogP contribution in [-0.4, -0.2) is 48.2 Å². The second kappa shape index (κ2) is 8.18. The van der Waals surface area contributed by atoms with Crippen molar-refractivity contribution in [2.24, 2.45) is 0 Å². The number of methoxy groups -OCH3 is 2. The van der Waals surface area contributed by atoms with Crippen molar-refractivity contribution >= 4 is 23.1 Å². The molecule has 0 spiro atoms. The summed E-state index contributed by atoms with van der Waals surface area (Å²) in [5.41, 5.74) is 4.39. The van der Waals surface area contributed by atoms with Crippen LogP contribution in [0.15, 0.2) is 36.5 Å². The van der Waals surface area contributed by atoms with Crippen LogP contribution in [0.25, 0.3) is 5.00 Å². The standard InChI is InChI=1S/C24H28N4O3S/c1-15-20-6-5-10-27(20)23-18(17-9-11-26(2)14-22(17)32-23)13-28(15)24(29)25-19-12-16(30-3)7-8-21(19)31-4/h5-8,10,12,15H,9,11,13-14H2,1-4H3,(H,25,29). The molecule has 4 heterocycles. The minimum Gasteiger partial charge on any atom is -0.497 e. The zero-order valence-corrected chi connectivity index (χ0v) is 19.7. The topological polar surface area (TPSA) is 59.0 Å². The summed E-state index contributed by atoms with van der Waals surface area (Å²) in [4.78, 5) is 19.3. The molecule has 0 bridgehead atoms. The average Bonchev–Trinajstić information content (AvgIpc) is 3.38. The number of nitrogens with zero attached hydrogens (tertiary/aromatic N) is 3.